The van der Waals surface area contributed by atoms with E-state index in [1.807, 2.05) is 0 Å². The molecule has 7 nitrogen and oxygen atoms in total. The van der Waals surface area contributed by atoms with Crippen molar-refractivity contribution in [3.63, 3.8) is 0 Å². The van der Waals surface area contributed by atoms with E-state index >= 15 is 0 Å². The minimum Gasteiger partial charge on any atom is -0.360 e. The summed E-state index contributed by atoms with van der Waals surface area (Å²) >= 11 is 0. The highest BCUT2D eigenvalue weighted by Gasteiger charge is 2.35. The van der Waals surface area contributed by atoms with Crippen LogP contribution in [0, 0.1) is 25.5 Å². The van der Waals surface area contributed by atoms with Gasteiger partial charge in [-0.05, 0) is 44.9 Å². The molecule has 1 saturated heterocycles. The lowest BCUT2D eigenvalue weighted by Gasteiger charge is -2.27. The summed E-state index contributed by atoms with van der Waals surface area (Å²) < 4.78 is 60.3. The smallest absolute Gasteiger partial charge is 0.290 e. The van der Waals surface area contributed by atoms with Crippen molar-refractivity contribution >= 4 is 15.8 Å². The van der Waals surface area contributed by atoms with Crippen LogP contribution in [0.2, 0.25) is 0 Å². The standard InChI is InChI=1S/C18H18F2N4O3S/c1-11-18(12(2)27-22-11)28(25,26)24-17(7-8-21-24)23-9-3-4-16(23)14-10-13(19)5-6-15(14)20/h5-8,10,16H,3-4,9H2,1-2H3. The zero-order chi connectivity index (χ0) is 20.1. The highest BCUT2D eigenvalue weighted by atomic mass is 32.2. The lowest BCUT2D eigenvalue weighted by Crippen LogP contribution is -2.28. The van der Waals surface area contributed by atoms with Crippen LogP contribution in [0.4, 0.5) is 14.6 Å². The predicted molar refractivity (Wildman–Crippen MR) is 96.5 cm³/mol. The van der Waals surface area contributed by atoms with Gasteiger partial charge < -0.3 is 9.42 Å². The van der Waals surface area contributed by atoms with Crippen LogP contribution in [0.25, 0.3) is 0 Å². The molecule has 1 fully saturated rings. The first-order valence-electron chi connectivity index (χ1n) is 8.75. The molecule has 1 aromatic carbocycles. The molecule has 148 valence electrons. The maximum absolute atomic E-state index is 14.3. The number of aryl methyl sites for hydroxylation is 2. The summed E-state index contributed by atoms with van der Waals surface area (Å²) in [7, 11) is -4.07. The first kappa shape index (κ1) is 18.6. The van der Waals surface area contributed by atoms with Crippen LogP contribution in [0.15, 0.2) is 39.9 Å². The molecule has 0 amide bonds. The number of anilines is 1. The van der Waals surface area contributed by atoms with Crippen LogP contribution >= 0.6 is 0 Å². The molecular weight excluding hydrogens is 390 g/mol. The van der Waals surface area contributed by atoms with Gasteiger partial charge in [-0.1, -0.05) is 5.16 Å². The van der Waals surface area contributed by atoms with Crippen molar-refractivity contribution in [3.8, 4) is 0 Å². The number of aromatic nitrogens is 3. The molecule has 0 N–H and O–H groups in total. The summed E-state index contributed by atoms with van der Waals surface area (Å²) in [5, 5.41) is 7.69. The van der Waals surface area contributed by atoms with Gasteiger partial charge in [-0.15, -0.1) is 4.09 Å². The number of hydrogen-bond donors (Lipinski definition) is 0. The molecule has 10 heteroatoms. The van der Waals surface area contributed by atoms with Crippen molar-refractivity contribution in [3.05, 3.63) is 59.1 Å². The molecular formula is C18H18F2N4O3S. The zero-order valence-corrected chi connectivity index (χ0v) is 16.1. The van der Waals surface area contributed by atoms with Gasteiger partial charge in [0.25, 0.3) is 10.0 Å². The van der Waals surface area contributed by atoms with Crippen LogP contribution in [0.3, 0.4) is 0 Å². The van der Waals surface area contributed by atoms with E-state index < -0.39 is 27.7 Å². The predicted octanol–water partition coefficient (Wildman–Crippen LogP) is 3.34. The van der Waals surface area contributed by atoms with Crippen molar-refractivity contribution in [1.82, 2.24) is 14.3 Å². The maximum Gasteiger partial charge on any atom is 0.290 e. The van der Waals surface area contributed by atoms with E-state index in [1.54, 1.807) is 11.0 Å². The number of benzene rings is 1. The molecule has 1 unspecified atom stereocenters. The minimum absolute atomic E-state index is 0.0508. The number of halogens is 2. The Balaban J connectivity index is 1.80. The average molecular weight is 408 g/mol. The van der Waals surface area contributed by atoms with Crippen LogP contribution in [0.5, 0.6) is 0 Å². The second-order valence-corrected chi connectivity index (χ2v) is 8.41. The van der Waals surface area contributed by atoms with E-state index in [1.165, 1.54) is 20.0 Å². The summed E-state index contributed by atoms with van der Waals surface area (Å²) in [6.07, 6.45) is 2.64. The fourth-order valence-electron chi connectivity index (χ4n) is 3.74. The topological polar surface area (TPSA) is 81.2 Å². The van der Waals surface area contributed by atoms with Gasteiger partial charge in [0, 0.05) is 18.2 Å². The van der Waals surface area contributed by atoms with E-state index in [9.17, 15) is 17.2 Å². The van der Waals surface area contributed by atoms with E-state index in [2.05, 4.69) is 10.3 Å². The summed E-state index contributed by atoms with van der Waals surface area (Å²) in [6, 6.07) is 4.35. The Bertz CT molecular complexity index is 1120. The SMILES string of the molecule is Cc1noc(C)c1S(=O)(=O)n1nccc1N1CCCC1c1cc(F)ccc1F. The molecule has 1 atom stereocenters. The molecule has 0 saturated carbocycles. The van der Waals surface area contributed by atoms with Crippen LogP contribution in [-0.2, 0) is 10.0 Å². The number of rotatable bonds is 4. The molecule has 0 bridgehead atoms. The Kier molecular flexibility index (Phi) is 4.45. The third-order valence-corrected chi connectivity index (χ3v) is 6.74. The van der Waals surface area contributed by atoms with Crippen molar-refractivity contribution in [2.75, 3.05) is 11.4 Å². The molecule has 3 heterocycles. The third kappa shape index (κ3) is 2.88. The Morgan fingerprint density at radius 3 is 2.71 bits per heavy atom. The van der Waals surface area contributed by atoms with Gasteiger partial charge in [-0.25, -0.2) is 8.78 Å². The fourth-order valence-corrected chi connectivity index (χ4v) is 5.31. The molecule has 0 aliphatic carbocycles. The Morgan fingerprint density at radius 1 is 1.21 bits per heavy atom. The van der Waals surface area contributed by atoms with Crippen LogP contribution in [-0.4, -0.2) is 29.3 Å². The lowest BCUT2D eigenvalue weighted by atomic mass is 10.0. The van der Waals surface area contributed by atoms with Gasteiger partial charge in [0.15, 0.2) is 10.7 Å². The van der Waals surface area contributed by atoms with Gasteiger partial charge in [-0.3, -0.25) is 0 Å². The van der Waals surface area contributed by atoms with Crippen molar-refractivity contribution < 1.29 is 21.7 Å². The summed E-state index contributed by atoms with van der Waals surface area (Å²) in [6.45, 7) is 3.54. The highest BCUT2D eigenvalue weighted by molar-refractivity contribution is 7.90. The molecule has 2 aromatic heterocycles. The minimum atomic E-state index is -4.07. The molecule has 0 radical (unpaired) electrons. The summed E-state index contributed by atoms with van der Waals surface area (Å²) in [5.74, 6) is -0.627. The van der Waals surface area contributed by atoms with Gasteiger partial charge >= 0.3 is 0 Å². The normalized spacial score (nSPS) is 17.4. The molecule has 1 aliphatic rings. The van der Waals surface area contributed by atoms with Crippen molar-refractivity contribution in [2.45, 2.75) is 37.6 Å². The maximum atomic E-state index is 14.3. The first-order chi connectivity index (χ1) is 13.3. The lowest BCUT2D eigenvalue weighted by molar-refractivity contribution is 0.390. The second kappa shape index (κ2) is 6.69. The monoisotopic (exact) mass is 408 g/mol. The largest absolute Gasteiger partial charge is 0.360 e. The van der Waals surface area contributed by atoms with E-state index in [-0.39, 0.29) is 27.7 Å². The first-order valence-corrected chi connectivity index (χ1v) is 10.2. The van der Waals surface area contributed by atoms with Gasteiger partial charge in [-0.2, -0.15) is 13.5 Å². The average Bonchev–Trinajstić information content (AvgIpc) is 3.36. The van der Waals surface area contributed by atoms with E-state index in [4.69, 9.17) is 4.52 Å². The van der Waals surface area contributed by atoms with Crippen molar-refractivity contribution in [2.24, 2.45) is 0 Å². The summed E-state index contributed by atoms with van der Waals surface area (Å²) in [4.78, 5) is 1.69. The van der Waals surface area contributed by atoms with E-state index in [0.717, 1.165) is 22.3 Å². The number of hydrogen-bond acceptors (Lipinski definition) is 6. The van der Waals surface area contributed by atoms with E-state index in [0.29, 0.717) is 19.4 Å². The molecule has 0 spiro atoms. The fraction of sp³-hybridized carbons (Fsp3) is 0.333. The van der Waals surface area contributed by atoms with Gasteiger partial charge in [0.05, 0.1) is 12.2 Å². The molecule has 3 aromatic rings. The highest BCUT2D eigenvalue weighted by Crippen LogP contribution is 2.38. The van der Waals surface area contributed by atoms with Crippen LogP contribution < -0.4 is 4.90 Å². The second-order valence-electron chi connectivity index (χ2n) is 6.71. The Labute approximate surface area is 160 Å². The molecule has 4 rings (SSSR count). The van der Waals surface area contributed by atoms with Gasteiger partial charge in [0.1, 0.15) is 23.1 Å². The van der Waals surface area contributed by atoms with Crippen molar-refractivity contribution in [1.29, 1.82) is 0 Å². The summed E-state index contributed by atoms with van der Waals surface area (Å²) in [5.41, 5.74) is 0.424. The third-order valence-electron chi connectivity index (χ3n) is 4.91. The zero-order valence-electron chi connectivity index (χ0n) is 15.3. The Morgan fingerprint density at radius 2 is 2.00 bits per heavy atom. The van der Waals surface area contributed by atoms with Gasteiger partial charge in [0.2, 0.25) is 0 Å². The van der Waals surface area contributed by atoms with Crippen LogP contribution in [0.1, 0.15) is 35.9 Å². The molecule has 1 aliphatic heterocycles. The Hall–Kier alpha value is -2.75. The number of nitrogens with zero attached hydrogens (tertiary/aromatic N) is 4. The quantitative estimate of drug-likeness (QED) is 0.659. The molecule has 28 heavy (non-hydrogen) atoms.